The Hall–Kier alpha value is -1.62. The Kier molecular flexibility index (Phi) is 4.67. The summed E-state index contributed by atoms with van der Waals surface area (Å²) in [4.78, 5) is 2.48. The first-order valence-electron chi connectivity index (χ1n) is 9.31. The van der Waals surface area contributed by atoms with Crippen molar-refractivity contribution in [3.63, 3.8) is 0 Å². The fourth-order valence-electron chi connectivity index (χ4n) is 4.37. The molecule has 2 aromatic rings. The zero-order valence-corrected chi connectivity index (χ0v) is 14.9. The number of benzene rings is 2. The molecule has 4 rings (SSSR count). The number of nitrogens with zero attached hydrogens (tertiary/aromatic N) is 1. The van der Waals surface area contributed by atoms with Crippen molar-refractivity contribution in [2.75, 3.05) is 26.8 Å². The Labute approximate surface area is 149 Å². The van der Waals surface area contributed by atoms with E-state index in [2.05, 4.69) is 41.3 Å². The second-order valence-electron chi connectivity index (χ2n) is 7.32. The first-order valence-corrected chi connectivity index (χ1v) is 9.31. The van der Waals surface area contributed by atoms with E-state index in [0.29, 0.717) is 0 Å². The predicted molar refractivity (Wildman–Crippen MR) is 98.9 cm³/mol. The Balaban J connectivity index is 1.50. The van der Waals surface area contributed by atoms with E-state index in [1.54, 1.807) is 7.11 Å². The normalized spacial score (nSPS) is 23.8. The minimum absolute atomic E-state index is 0.295. The van der Waals surface area contributed by atoms with Gasteiger partial charge in [0.2, 0.25) is 0 Å². The summed E-state index contributed by atoms with van der Waals surface area (Å²) in [7, 11) is 1.72. The molecule has 2 saturated heterocycles. The molecule has 1 spiro atoms. The molecule has 2 aromatic carbocycles. The van der Waals surface area contributed by atoms with E-state index in [0.717, 1.165) is 57.7 Å². The number of rotatable bonds is 3. The number of likely N-dealkylation sites (tertiary alicyclic amines) is 1. The molecule has 0 radical (unpaired) electrons. The van der Waals surface area contributed by atoms with Gasteiger partial charge in [-0.2, -0.15) is 0 Å². The lowest BCUT2D eigenvalue weighted by Crippen LogP contribution is -2.55. The zero-order valence-electron chi connectivity index (χ0n) is 14.9. The fraction of sp³-hybridized carbons (Fsp3) is 0.524. The smallest absolute Gasteiger partial charge is 0.126 e. The Morgan fingerprint density at radius 2 is 1.92 bits per heavy atom. The third kappa shape index (κ3) is 3.14. The molecular formula is C21H27NO3. The summed E-state index contributed by atoms with van der Waals surface area (Å²) in [6.07, 6.45) is 3.39. The van der Waals surface area contributed by atoms with E-state index in [1.807, 2.05) is 0 Å². The number of hydrogen-bond acceptors (Lipinski definition) is 4. The summed E-state index contributed by atoms with van der Waals surface area (Å²) in [6, 6.07) is 12.7. The van der Waals surface area contributed by atoms with Gasteiger partial charge in [0.05, 0.1) is 18.8 Å². The highest BCUT2D eigenvalue weighted by molar-refractivity contribution is 5.91. The van der Waals surface area contributed by atoms with Gasteiger partial charge >= 0.3 is 0 Å². The van der Waals surface area contributed by atoms with E-state index < -0.39 is 0 Å². The van der Waals surface area contributed by atoms with Crippen LogP contribution in [0.2, 0.25) is 0 Å². The summed E-state index contributed by atoms with van der Waals surface area (Å²) in [5.74, 6) is 0.927. The fourth-order valence-corrected chi connectivity index (χ4v) is 4.37. The highest BCUT2D eigenvalue weighted by atomic mass is 16.5. The number of fused-ring (bicyclic) bond motifs is 1. The molecule has 1 atom stereocenters. The summed E-state index contributed by atoms with van der Waals surface area (Å²) in [6.45, 7) is 3.66. The van der Waals surface area contributed by atoms with Gasteiger partial charge in [-0.1, -0.05) is 30.3 Å². The van der Waals surface area contributed by atoms with Crippen molar-refractivity contribution in [2.45, 2.75) is 43.9 Å². The van der Waals surface area contributed by atoms with E-state index >= 15 is 0 Å². The standard InChI is InChI=1S/C21H27NO3/c1-24-19-9-8-16(17-5-2-3-6-18(17)19)15-22-12-10-21(11-13-22)20(23)7-4-14-25-21/h2-3,5-6,8-9,20,23H,4,7,10-15H2,1H3/t20-/m0/s1. The summed E-state index contributed by atoms with van der Waals surface area (Å²) < 4.78 is 11.5. The first kappa shape index (κ1) is 16.8. The van der Waals surface area contributed by atoms with Gasteiger partial charge in [0.25, 0.3) is 0 Å². The van der Waals surface area contributed by atoms with E-state index in [1.165, 1.54) is 16.3 Å². The molecule has 134 valence electrons. The van der Waals surface area contributed by atoms with Crippen molar-refractivity contribution in [3.05, 3.63) is 42.0 Å². The average Bonchev–Trinajstić information content (AvgIpc) is 2.66. The zero-order chi connectivity index (χ0) is 17.3. The molecule has 2 aliphatic rings. The maximum Gasteiger partial charge on any atom is 0.126 e. The molecular weight excluding hydrogens is 314 g/mol. The molecule has 0 amide bonds. The van der Waals surface area contributed by atoms with Crippen LogP contribution in [0.15, 0.2) is 36.4 Å². The maximum absolute atomic E-state index is 10.4. The van der Waals surface area contributed by atoms with E-state index in [4.69, 9.17) is 9.47 Å². The number of ether oxygens (including phenoxy) is 2. The number of aliphatic hydroxyl groups is 1. The lowest BCUT2D eigenvalue weighted by atomic mass is 9.82. The predicted octanol–water partition coefficient (Wildman–Crippen LogP) is 3.35. The topological polar surface area (TPSA) is 41.9 Å². The molecule has 1 N–H and O–H groups in total. The van der Waals surface area contributed by atoms with E-state index in [-0.39, 0.29) is 11.7 Å². The van der Waals surface area contributed by atoms with E-state index in [9.17, 15) is 5.11 Å². The summed E-state index contributed by atoms with van der Waals surface area (Å²) >= 11 is 0. The van der Waals surface area contributed by atoms with Gasteiger partial charge in [-0.3, -0.25) is 4.90 Å². The number of piperidine rings is 1. The van der Waals surface area contributed by atoms with Gasteiger partial charge in [0.1, 0.15) is 5.75 Å². The largest absolute Gasteiger partial charge is 0.496 e. The molecule has 2 aliphatic heterocycles. The molecule has 0 saturated carbocycles. The van der Waals surface area contributed by atoms with Crippen LogP contribution in [0.3, 0.4) is 0 Å². The van der Waals surface area contributed by atoms with Crippen molar-refractivity contribution >= 4 is 10.8 Å². The molecule has 2 heterocycles. The van der Waals surface area contributed by atoms with Crippen LogP contribution in [0, 0.1) is 0 Å². The minimum atomic E-state index is -0.301. The Bertz CT molecular complexity index is 737. The van der Waals surface area contributed by atoms with Crippen LogP contribution in [0.1, 0.15) is 31.2 Å². The average molecular weight is 341 g/mol. The SMILES string of the molecule is COc1ccc(CN2CCC3(CC2)OCCC[C@@H]3O)c2ccccc12. The molecule has 2 fully saturated rings. The molecule has 0 aliphatic carbocycles. The quantitative estimate of drug-likeness (QED) is 0.930. The lowest BCUT2D eigenvalue weighted by Gasteiger charge is -2.46. The Morgan fingerprint density at radius 1 is 1.16 bits per heavy atom. The van der Waals surface area contributed by atoms with Crippen LogP contribution < -0.4 is 4.74 Å². The van der Waals surface area contributed by atoms with Crippen LogP contribution in [-0.4, -0.2) is 48.5 Å². The number of aliphatic hydroxyl groups excluding tert-OH is 1. The van der Waals surface area contributed by atoms with Crippen LogP contribution in [-0.2, 0) is 11.3 Å². The van der Waals surface area contributed by atoms with Gasteiger partial charge < -0.3 is 14.6 Å². The van der Waals surface area contributed by atoms with Crippen molar-refractivity contribution in [3.8, 4) is 5.75 Å². The highest BCUT2D eigenvalue weighted by Crippen LogP contribution is 2.36. The number of methoxy groups -OCH3 is 1. The van der Waals surface area contributed by atoms with Crippen molar-refractivity contribution < 1.29 is 14.6 Å². The minimum Gasteiger partial charge on any atom is -0.496 e. The third-order valence-corrected chi connectivity index (χ3v) is 5.91. The monoisotopic (exact) mass is 341 g/mol. The lowest BCUT2D eigenvalue weighted by molar-refractivity contribution is -0.177. The van der Waals surface area contributed by atoms with Crippen LogP contribution >= 0.6 is 0 Å². The molecule has 0 bridgehead atoms. The Morgan fingerprint density at radius 3 is 2.64 bits per heavy atom. The molecule has 0 aromatic heterocycles. The second kappa shape index (κ2) is 6.94. The van der Waals surface area contributed by atoms with Gasteiger partial charge in [-0.15, -0.1) is 0 Å². The molecule has 25 heavy (non-hydrogen) atoms. The highest BCUT2D eigenvalue weighted by Gasteiger charge is 2.43. The van der Waals surface area contributed by atoms with Crippen LogP contribution in [0.25, 0.3) is 10.8 Å². The number of hydrogen-bond donors (Lipinski definition) is 1. The van der Waals surface area contributed by atoms with Crippen molar-refractivity contribution in [1.29, 1.82) is 0 Å². The van der Waals surface area contributed by atoms with Gasteiger partial charge in [0, 0.05) is 31.6 Å². The summed E-state index contributed by atoms with van der Waals surface area (Å²) in [5.41, 5.74) is 1.04. The van der Waals surface area contributed by atoms with Gasteiger partial charge in [-0.05, 0) is 42.7 Å². The maximum atomic E-state index is 10.4. The summed E-state index contributed by atoms with van der Waals surface area (Å²) in [5, 5.41) is 12.8. The first-order chi connectivity index (χ1) is 12.2. The van der Waals surface area contributed by atoms with Gasteiger partial charge in [-0.25, -0.2) is 0 Å². The molecule has 0 unspecified atom stereocenters. The van der Waals surface area contributed by atoms with Crippen molar-refractivity contribution in [1.82, 2.24) is 4.90 Å². The van der Waals surface area contributed by atoms with Crippen molar-refractivity contribution in [2.24, 2.45) is 0 Å². The van der Waals surface area contributed by atoms with Crippen LogP contribution in [0.5, 0.6) is 5.75 Å². The molecule has 4 nitrogen and oxygen atoms in total. The third-order valence-electron chi connectivity index (χ3n) is 5.91. The van der Waals surface area contributed by atoms with Gasteiger partial charge in [0.15, 0.2) is 0 Å². The molecule has 4 heteroatoms. The van der Waals surface area contributed by atoms with Crippen LogP contribution in [0.4, 0.5) is 0 Å². The second-order valence-corrected chi connectivity index (χ2v) is 7.32.